The van der Waals surface area contributed by atoms with Gasteiger partial charge in [-0.25, -0.2) is 4.79 Å². The third kappa shape index (κ3) is 3.45. The van der Waals surface area contributed by atoms with Gasteiger partial charge in [0.15, 0.2) is 0 Å². The molecule has 2 N–H and O–H groups in total. The van der Waals surface area contributed by atoms with Crippen molar-refractivity contribution in [2.24, 2.45) is 11.3 Å². The molecule has 17 heavy (non-hydrogen) atoms. The van der Waals surface area contributed by atoms with Crippen LogP contribution in [0.5, 0.6) is 0 Å². The molecule has 0 spiro atoms. The third-order valence-electron chi connectivity index (χ3n) is 3.94. The first kappa shape index (κ1) is 14.0. The molecule has 1 amide bonds. The summed E-state index contributed by atoms with van der Waals surface area (Å²) in [5, 5.41) is 11.7. The van der Waals surface area contributed by atoms with Gasteiger partial charge < -0.3 is 10.4 Å². The number of aliphatic carboxylic acids is 1. The minimum Gasteiger partial charge on any atom is -0.480 e. The standard InChI is InChI=1S/C13H23NO3/c1-4-6-7-10(12(16)17)14-11(15)9-8-13(9,3)5-2/h9-10H,4-8H2,1-3H3,(H,14,15)(H,16,17)/t9?,10-,13?/m0/s1. The maximum Gasteiger partial charge on any atom is 0.326 e. The zero-order valence-corrected chi connectivity index (χ0v) is 11.0. The second-order valence-electron chi connectivity index (χ2n) is 5.31. The van der Waals surface area contributed by atoms with Gasteiger partial charge in [-0.3, -0.25) is 4.79 Å². The Hall–Kier alpha value is -1.06. The van der Waals surface area contributed by atoms with Crippen molar-refractivity contribution in [2.75, 3.05) is 0 Å². The summed E-state index contributed by atoms with van der Waals surface area (Å²) in [5.74, 6) is -1.00. The van der Waals surface area contributed by atoms with E-state index in [1.54, 1.807) is 0 Å². The highest BCUT2D eigenvalue weighted by atomic mass is 16.4. The van der Waals surface area contributed by atoms with E-state index in [-0.39, 0.29) is 17.2 Å². The van der Waals surface area contributed by atoms with Gasteiger partial charge in [0.25, 0.3) is 0 Å². The summed E-state index contributed by atoms with van der Waals surface area (Å²) in [6.45, 7) is 6.16. The molecule has 4 nitrogen and oxygen atoms in total. The summed E-state index contributed by atoms with van der Waals surface area (Å²) in [5.41, 5.74) is 0.0951. The lowest BCUT2D eigenvalue weighted by molar-refractivity contribution is -0.142. The van der Waals surface area contributed by atoms with Crippen LogP contribution in [0.25, 0.3) is 0 Å². The molecular weight excluding hydrogens is 218 g/mol. The average Bonchev–Trinajstić information content (AvgIpc) is 2.97. The van der Waals surface area contributed by atoms with Gasteiger partial charge in [0.1, 0.15) is 6.04 Å². The Morgan fingerprint density at radius 3 is 2.53 bits per heavy atom. The Labute approximate surface area is 103 Å². The zero-order valence-electron chi connectivity index (χ0n) is 11.0. The van der Waals surface area contributed by atoms with Gasteiger partial charge in [0, 0.05) is 5.92 Å². The van der Waals surface area contributed by atoms with Crippen molar-refractivity contribution in [1.82, 2.24) is 5.32 Å². The van der Waals surface area contributed by atoms with Gasteiger partial charge >= 0.3 is 5.97 Å². The van der Waals surface area contributed by atoms with Crippen LogP contribution in [0.2, 0.25) is 0 Å². The van der Waals surface area contributed by atoms with Gasteiger partial charge in [0.2, 0.25) is 5.91 Å². The van der Waals surface area contributed by atoms with E-state index in [4.69, 9.17) is 5.11 Å². The van der Waals surface area contributed by atoms with E-state index in [0.29, 0.717) is 6.42 Å². The lowest BCUT2D eigenvalue weighted by atomic mass is 10.0. The van der Waals surface area contributed by atoms with E-state index in [2.05, 4.69) is 19.2 Å². The number of hydrogen-bond acceptors (Lipinski definition) is 2. The van der Waals surface area contributed by atoms with Crippen molar-refractivity contribution in [3.63, 3.8) is 0 Å². The average molecular weight is 241 g/mol. The van der Waals surface area contributed by atoms with E-state index in [9.17, 15) is 9.59 Å². The fraction of sp³-hybridized carbons (Fsp3) is 0.846. The summed E-state index contributed by atoms with van der Waals surface area (Å²) in [6, 6.07) is -0.718. The molecule has 0 aromatic rings. The van der Waals surface area contributed by atoms with Gasteiger partial charge in [-0.1, -0.05) is 33.6 Å². The maximum atomic E-state index is 11.9. The summed E-state index contributed by atoms with van der Waals surface area (Å²) < 4.78 is 0. The molecule has 0 aromatic carbocycles. The number of hydrogen-bond donors (Lipinski definition) is 2. The number of carbonyl (C=O) groups is 2. The van der Waals surface area contributed by atoms with E-state index in [1.807, 2.05) is 6.92 Å². The van der Waals surface area contributed by atoms with Crippen LogP contribution in [-0.4, -0.2) is 23.0 Å². The fourth-order valence-corrected chi connectivity index (χ4v) is 2.15. The Bertz CT molecular complexity index is 303. The molecule has 1 rings (SSSR count). The molecule has 3 atom stereocenters. The van der Waals surface area contributed by atoms with Crippen LogP contribution in [0.15, 0.2) is 0 Å². The highest BCUT2D eigenvalue weighted by Gasteiger charge is 2.53. The lowest BCUT2D eigenvalue weighted by Crippen LogP contribution is -2.42. The van der Waals surface area contributed by atoms with Gasteiger partial charge in [-0.15, -0.1) is 0 Å². The van der Waals surface area contributed by atoms with E-state index < -0.39 is 12.0 Å². The molecule has 0 aromatic heterocycles. The molecule has 1 saturated carbocycles. The number of unbranched alkanes of at least 4 members (excludes halogenated alkanes) is 1. The van der Waals surface area contributed by atoms with Crippen molar-refractivity contribution in [3.05, 3.63) is 0 Å². The first-order chi connectivity index (χ1) is 7.94. The van der Waals surface area contributed by atoms with Crippen LogP contribution in [-0.2, 0) is 9.59 Å². The highest BCUT2D eigenvalue weighted by Crippen LogP contribution is 2.54. The number of nitrogens with one attached hydrogen (secondary N) is 1. The minimum absolute atomic E-state index is 0.0102. The minimum atomic E-state index is -0.925. The molecule has 0 bridgehead atoms. The van der Waals surface area contributed by atoms with E-state index in [1.165, 1.54) is 0 Å². The topological polar surface area (TPSA) is 66.4 Å². The second-order valence-corrected chi connectivity index (χ2v) is 5.31. The van der Waals surface area contributed by atoms with E-state index >= 15 is 0 Å². The first-order valence-corrected chi connectivity index (χ1v) is 6.47. The number of carboxylic acids is 1. The Morgan fingerprint density at radius 1 is 1.47 bits per heavy atom. The Morgan fingerprint density at radius 2 is 2.12 bits per heavy atom. The zero-order chi connectivity index (χ0) is 13.1. The van der Waals surface area contributed by atoms with Crippen molar-refractivity contribution in [2.45, 2.75) is 58.9 Å². The van der Waals surface area contributed by atoms with Crippen molar-refractivity contribution in [3.8, 4) is 0 Å². The fourth-order valence-electron chi connectivity index (χ4n) is 2.15. The molecule has 98 valence electrons. The van der Waals surface area contributed by atoms with E-state index in [0.717, 1.165) is 25.7 Å². The van der Waals surface area contributed by atoms with Crippen molar-refractivity contribution >= 4 is 11.9 Å². The monoisotopic (exact) mass is 241 g/mol. The predicted molar refractivity (Wildman–Crippen MR) is 65.6 cm³/mol. The van der Waals surface area contributed by atoms with Gasteiger partial charge in [-0.05, 0) is 24.7 Å². The SMILES string of the molecule is CCCC[C@H](NC(=O)C1CC1(C)CC)C(=O)O. The molecule has 1 aliphatic rings. The van der Waals surface area contributed by atoms with Crippen molar-refractivity contribution in [1.29, 1.82) is 0 Å². The first-order valence-electron chi connectivity index (χ1n) is 6.47. The highest BCUT2D eigenvalue weighted by molar-refractivity contribution is 5.87. The molecule has 0 aliphatic heterocycles. The van der Waals surface area contributed by atoms with Crippen LogP contribution in [0, 0.1) is 11.3 Å². The smallest absolute Gasteiger partial charge is 0.326 e. The summed E-state index contributed by atoms with van der Waals surface area (Å²) in [7, 11) is 0. The quantitative estimate of drug-likeness (QED) is 0.718. The molecule has 4 heteroatoms. The normalized spacial score (nSPS) is 28.5. The Kier molecular flexibility index (Phi) is 4.54. The number of amides is 1. The maximum absolute atomic E-state index is 11.9. The molecule has 0 saturated heterocycles. The van der Waals surface area contributed by atoms with Crippen LogP contribution in [0.1, 0.15) is 52.9 Å². The molecule has 1 fully saturated rings. The summed E-state index contributed by atoms with van der Waals surface area (Å²) in [6.07, 6.45) is 4.14. The molecule has 1 aliphatic carbocycles. The van der Waals surface area contributed by atoms with Crippen LogP contribution in [0.3, 0.4) is 0 Å². The van der Waals surface area contributed by atoms with Gasteiger partial charge in [0.05, 0.1) is 0 Å². The number of carboxylic acid groups (broad SMARTS) is 1. The van der Waals surface area contributed by atoms with Crippen LogP contribution >= 0.6 is 0 Å². The lowest BCUT2D eigenvalue weighted by Gasteiger charge is -2.15. The molecule has 2 unspecified atom stereocenters. The Balaban J connectivity index is 2.46. The predicted octanol–water partition coefficient (Wildman–Crippen LogP) is 2.18. The number of carbonyl (C=O) groups excluding carboxylic acids is 1. The number of rotatable bonds is 7. The van der Waals surface area contributed by atoms with Crippen LogP contribution < -0.4 is 5.32 Å². The molecule has 0 heterocycles. The third-order valence-corrected chi connectivity index (χ3v) is 3.94. The molecule has 0 radical (unpaired) electrons. The van der Waals surface area contributed by atoms with Crippen LogP contribution in [0.4, 0.5) is 0 Å². The molecular formula is C13H23NO3. The summed E-state index contributed by atoms with van der Waals surface area (Å²) in [4.78, 5) is 22.9. The largest absolute Gasteiger partial charge is 0.480 e. The summed E-state index contributed by atoms with van der Waals surface area (Å²) >= 11 is 0. The second kappa shape index (κ2) is 5.52. The van der Waals surface area contributed by atoms with Gasteiger partial charge in [-0.2, -0.15) is 0 Å². The van der Waals surface area contributed by atoms with Crippen molar-refractivity contribution < 1.29 is 14.7 Å².